The molecule has 0 aliphatic carbocycles. The van der Waals surface area contributed by atoms with E-state index in [-0.39, 0.29) is 17.5 Å². The fourth-order valence-corrected chi connectivity index (χ4v) is 4.16. The lowest BCUT2D eigenvalue weighted by Gasteiger charge is -2.24. The monoisotopic (exact) mass is 312 g/mol. The minimum Gasteiger partial charge on any atom is -0.340 e. The van der Waals surface area contributed by atoms with Crippen molar-refractivity contribution in [3.63, 3.8) is 0 Å². The van der Waals surface area contributed by atoms with E-state index < -0.39 is 9.84 Å². The molecule has 0 spiro atoms. The highest BCUT2D eigenvalue weighted by Crippen LogP contribution is 2.20. The molecule has 0 radical (unpaired) electrons. The summed E-state index contributed by atoms with van der Waals surface area (Å²) >= 11 is 0. The van der Waals surface area contributed by atoms with E-state index in [9.17, 15) is 8.42 Å². The topological polar surface area (TPSA) is 75.2 Å². The first-order valence-electron chi connectivity index (χ1n) is 7.27. The van der Waals surface area contributed by atoms with Crippen molar-refractivity contribution in [2.24, 2.45) is 0 Å². The second-order valence-electron chi connectivity index (χ2n) is 5.98. The van der Waals surface area contributed by atoms with Gasteiger partial charge in [-0.15, -0.1) is 0 Å². The van der Waals surface area contributed by atoms with E-state index in [0.29, 0.717) is 18.4 Å². The number of anilines is 1. The fraction of sp³-hybridized carbons (Fsp3) is 0.714. The van der Waals surface area contributed by atoms with E-state index in [2.05, 4.69) is 29.1 Å². The molecule has 1 N–H and O–H groups in total. The van der Waals surface area contributed by atoms with Crippen LogP contribution in [0.2, 0.25) is 0 Å². The number of hydrogen-bond acceptors (Lipinski definition) is 6. The SMILES string of the molecule is Cc1nc(N(C)C2CCS(=O)(=O)C2)ncc1CNC(C)C. The van der Waals surface area contributed by atoms with Gasteiger partial charge < -0.3 is 10.2 Å². The van der Waals surface area contributed by atoms with Crippen molar-refractivity contribution in [2.75, 3.05) is 23.5 Å². The number of hydrogen-bond donors (Lipinski definition) is 1. The molecule has 7 heteroatoms. The third kappa shape index (κ3) is 4.14. The van der Waals surface area contributed by atoms with Gasteiger partial charge in [-0.1, -0.05) is 13.8 Å². The standard InChI is InChI=1S/C14H24N4O2S/c1-10(2)15-7-12-8-16-14(17-11(12)3)18(4)13-5-6-21(19,20)9-13/h8,10,13,15H,5-7,9H2,1-4H3. The predicted octanol–water partition coefficient (Wildman–Crippen LogP) is 0.906. The van der Waals surface area contributed by atoms with E-state index in [1.54, 1.807) is 0 Å². The molecule has 1 aromatic heterocycles. The average molecular weight is 312 g/mol. The number of nitrogens with zero attached hydrogens (tertiary/aromatic N) is 3. The van der Waals surface area contributed by atoms with Crippen molar-refractivity contribution >= 4 is 15.8 Å². The Bertz CT molecular complexity index is 601. The summed E-state index contributed by atoms with van der Waals surface area (Å²) in [6.07, 6.45) is 2.48. The highest BCUT2D eigenvalue weighted by molar-refractivity contribution is 7.91. The van der Waals surface area contributed by atoms with Crippen LogP contribution in [0.4, 0.5) is 5.95 Å². The molecule has 1 aromatic rings. The molecule has 0 bridgehead atoms. The second kappa shape index (κ2) is 6.27. The van der Waals surface area contributed by atoms with E-state index in [1.807, 2.05) is 25.1 Å². The minimum atomic E-state index is -2.89. The van der Waals surface area contributed by atoms with Gasteiger partial charge in [0, 0.05) is 43.1 Å². The van der Waals surface area contributed by atoms with E-state index >= 15 is 0 Å². The molecular formula is C14H24N4O2S. The second-order valence-corrected chi connectivity index (χ2v) is 8.21. The number of aryl methyl sites for hydroxylation is 1. The molecule has 1 atom stereocenters. The summed E-state index contributed by atoms with van der Waals surface area (Å²) in [7, 11) is -1.02. The molecule has 21 heavy (non-hydrogen) atoms. The molecule has 6 nitrogen and oxygen atoms in total. The summed E-state index contributed by atoms with van der Waals surface area (Å²) in [4.78, 5) is 10.8. The van der Waals surface area contributed by atoms with Gasteiger partial charge in [-0.2, -0.15) is 0 Å². The predicted molar refractivity (Wildman–Crippen MR) is 84.2 cm³/mol. The van der Waals surface area contributed by atoms with Crippen LogP contribution in [0.25, 0.3) is 0 Å². The van der Waals surface area contributed by atoms with Gasteiger partial charge in [0.25, 0.3) is 0 Å². The molecule has 0 aromatic carbocycles. The first-order chi connectivity index (χ1) is 9.78. The summed E-state index contributed by atoms with van der Waals surface area (Å²) in [6.45, 7) is 6.89. The molecule has 0 saturated carbocycles. The van der Waals surface area contributed by atoms with Crippen molar-refractivity contribution in [1.82, 2.24) is 15.3 Å². The van der Waals surface area contributed by atoms with Gasteiger partial charge in [0.1, 0.15) is 0 Å². The van der Waals surface area contributed by atoms with E-state index in [1.165, 1.54) is 0 Å². The minimum absolute atomic E-state index is 0.0194. The van der Waals surface area contributed by atoms with Gasteiger partial charge in [0.2, 0.25) is 5.95 Å². The Morgan fingerprint density at radius 2 is 2.19 bits per heavy atom. The number of sulfone groups is 1. The van der Waals surface area contributed by atoms with Gasteiger partial charge in [-0.25, -0.2) is 18.4 Å². The fourth-order valence-electron chi connectivity index (χ4n) is 2.38. The Balaban J connectivity index is 2.09. The molecule has 0 amide bonds. The maximum absolute atomic E-state index is 11.6. The first kappa shape index (κ1) is 16.2. The zero-order chi connectivity index (χ0) is 15.6. The van der Waals surface area contributed by atoms with Crippen LogP contribution in [-0.2, 0) is 16.4 Å². The van der Waals surface area contributed by atoms with Crippen molar-refractivity contribution in [3.05, 3.63) is 17.5 Å². The Kier molecular flexibility index (Phi) is 4.83. The lowest BCUT2D eigenvalue weighted by Crippen LogP contribution is -2.34. The summed E-state index contributed by atoms with van der Waals surface area (Å²) in [5, 5.41) is 3.34. The van der Waals surface area contributed by atoms with Crippen LogP contribution in [-0.4, -0.2) is 49.0 Å². The van der Waals surface area contributed by atoms with Crippen LogP contribution in [0.15, 0.2) is 6.20 Å². The number of aromatic nitrogens is 2. The van der Waals surface area contributed by atoms with Crippen LogP contribution < -0.4 is 10.2 Å². The zero-order valence-corrected chi connectivity index (χ0v) is 13.9. The molecule has 1 saturated heterocycles. The summed E-state index contributed by atoms with van der Waals surface area (Å²) in [5.41, 5.74) is 2.00. The summed E-state index contributed by atoms with van der Waals surface area (Å²) < 4.78 is 23.1. The molecule has 2 rings (SSSR count). The normalized spacial score (nSPS) is 20.9. The van der Waals surface area contributed by atoms with Gasteiger partial charge >= 0.3 is 0 Å². The Hall–Kier alpha value is -1.21. The maximum Gasteiger partial charge on any atom is 0.225 e. The lowest BCUT2D eigenvalue weighted by atomic mass is 10.2. The van der Waals surface area contributed by atoms with Crippen LogP contribution in [0.5, 0.6) is 0 Å². The van der Waals surface area contributed by atoms with Gasteiger partial charge in [0.05, 0.1) is 11.5 Å². The number of rotatable bonds is 5. The maximum atomic E-state index is 11.6. The summed E-state index contributed by atoms with van der Waals surface area (Å²) in [6, 6.07) is 0.393. The highest BCUT2D eigenvalue weighted by atomic mass is 32.2. The smallest absolute Gasteiger partial charge is 0.225 e. The average Bonchev–Trinajstić information content (AvgIpc) is 2.76. The van der Waals surface area contributed by atoms with E-state index in [4.69, 9.17) is 0 Å². The molecular weight excluding hydrogens is 288 g/mol. The van der Waals surface area contributed by atoms with Crippen molar-refractivity contribution in [1.29, 1.82) is 0 Å². The van der Waals surface area contributed by atoms with Crippen LogP contribution in [0.1, 0.15) is 31.5 Å². The van der Waals surface area contributed by atoms with Crippen LogP contribution in [0.3, 0.4) is 0 Å². The number of nitrogens with one attached hydrogen (secondary N) is 1. The van der Waals surface area contributed by atoms with Gasteiger partial charge in [0.15, 0.2) is 9.84 Å². The molecule has 1 unspecified atom stereocenters. The molecule has 2 heterocycles. The Morgan fingerprint density at radius 1 is 1.48 bits per heavy atom. The van der Waals surface area contributed by atoms with Gasteiger partial charge in [-0.05, 0) is 13.3 Å². The van der Waals surface area contributed by atoms with E-state index in [0.717, 1.165) is 17.8 Å². The largest absolute Gasteiger partial charge is 0.340 e. The van der Waals surface area contributed by atoms with Crippen molar-refractivity contribution < 1.29 is 8.42 Å². The molecule has 1 aliphatic heterocycles. The Labute approximate surface area is 126 Å². The quantitative estimate of drug-likeness (QED) is 0.871. The molecule has 1 fully saturated rings. The van der Waals surface area contributed by atoms with Crippen LogP contribution in [0, 0.1) is 6.92 Å². The third-order valence-electron chi connectivity index (χ3n) is 3.84. The molecule has 118 valence electrons. The highest BCUT2D eigenvalue weighted by Gasteiger charge is 2.31. The third-order valence-corrected chi connectivity index (χ3v) is 5.59. The van der Waals surface area contributed by atoms with Crippen LogP contribution >= 0.6 is 0 Å². The zero-order valence-electron chi connectivity index (χ0n) is 13.1. The summed E-state index contributed by atoms with van der Waals surface area (Å²) in [5.74, 6) is 1.06. The lowest BCUT2D eigenvalue weighted by molar-refractivity contribution is 0.584. The van der Waals surface area contributed by atoms with Crippen molar-refractivity contribution in [3.8, 4) is 0 Å². The molecule has 1 aliphatic rings. The van der Waals surface area contributed by atoms with Gasteiger partial charge in [-0.3, -0.25) is 0 Å². The Morgan fingerprint density at radius 3 is 2.71 bits per heavy atom. The van der Waals surface area contributed by atoms with Crippen molar-refractivity contribution in [2.45, 2.75) is 45.8 Å². The first-order valence-corrected chi connectivity index (χ1v) is 9.10.